The topological polar surface area (TPSA) is 23.6 Å². The molecule has 0 spiro atoms. The zero-order chi connectivity index (χ0) is 22.3. The maximum Gasteiger partial charge on any atom is 0.188 e. The van der Waals surface area contributed by atoms with Crippen molar-refractivity contribution < 1.29 is 9.18 Å². The number of halogens is 1. The molecule has 1 aliphatic carbocycles. The first-order valence-electron chi connectivity index (χ1n) is 11.4. The highest BCUT2D eigenvalue weighted by molar-refractivity contribution is 6.08. The van der Waals surface area contributed by atoms with E-state index in [0.717, 1.165) is 43.9 Å². The van der Waals surface area contributed by atoms with E-state index in [1.54, 1.807) is 12.1 Å². The molecule has 5 rings (SSSR count). The Morgan fingerprint density at radius 1 is 0.906 bits per heavy atom. The van der Waals surface area contributed by atoms with E-state index >= 15 is 0 Å². The summed E-state index contributed by atoms with van der Waals surface area (Å²) in [6.07, 6.45) is 0.398. The van der Waals surface area contributed by atoms with Gasteiger partial charge in [-0.2, -0.15) is 0 Å². The van der Waals surface area contributed by atoms with Gasteiger partial charge in [-0.1, -0.05) is 66.2 Å². The van der Waals surface area contributed by atoms with Crippen LogP contribution in [-0.4, -0.2) is 41.8 Å². The molecule has 164 valence electrons. The van der Waals surface area contributed by atoms with E-state index in [-0.39, 0.29) is 11.6 Å². The van der Waals surface area contributed by atoms with E-state index in [1.165, 1.54) is 17.2 Å². The molecule has 4 heteroatoms. The summed E-state index contributed by atoms with van der Waals surface area (Å²) in [6, 6.07) is 21.6. The van der Waals surface area contributed by atoms with Crippen LogP contribution in [-0.2, 0) is 18.5 Å². The van der Waals surface area contributed by atoms with Gasteiger partial charge in [0.05, 0.1) is 0 Å². The fourth-order valence-electron chi connectivity index (χ4n) is 5.40. The number of hydrogen-bond donors (Lipinski definition) is 0. The molecule has 0 amide bonds. The largest absolute Gasteiger partial charge is 0.297 e. The lowest BCUT2D eigenvalue weighted by molar-refractivity contribution is 0.0286. The lowest BCUT2D eigenvalue weighted by atomic mass is 9.82. The Bertz CT molecular complexity index is 1170. The Morgan fingerprint density at radius 2 is 1.66 bits per heavy atom. The number of ketones is 1. The van der Waals surface area contributed by atoms with Gasteiger partial charge in [0.2, 0.25) is 0 Å². The summed E-state index contributed by atoms with van der Waals surface area (Å²) in [5, 5.41) is 0. The molecule has 3 aromatic rings. The molecule has 2 aliphatic rings. The highest BCUT2D eigenvalue weighted by Gasteiger charge is 2.52. The quantitative estimate of drug-likeness (QED) is 0.591. The molecule has 0 bridgehead atoms. The number of benzene rings is 3. The van der Waals surface area contributed by atoms with E-state index in [9.17, 15) is 9.18 Å². The Morgan fingerprint density at radius 3 is 2.38 bits per heavy atom. The number of aryl methyl sites for hydroxylation is 2. The van der Waals surface area contributed by atoms with Crippen LogP contribution in [0.2, 0.25) is 0 Å². The molecule has 0 unspecified atom stereocenters. The van der Waals surface area contributed by atoms with Crippen LogP contribution in [0.15, 0.2) is 66.7 Å². The minimum absolute atomic E-state index is 0.0324. The Hall–Kier alpha value is -2.82. The van der Waals surface area contributed by atoms with Gasteiger partial charge in [0.25, 0.3) is 0 Å². The number of carbonyl (C=O) groups excluding carboxylic acids is 1. The standard InChI is InChI=1S/C28H29FN2O/c1-20-7-5-10-23(17-20)28(18-25-24(27(28)32)11-6-12-26(25)29)31-15-13-30(14-16-31)19-22-9-4-3-8-21(22)2/h3-12,17H,13-16,18-19H2,1-2H3/t28-/m0/s1. The molecule has 1 aliphatic heterocycles. The van der Waals surface area contributed by atoms with Crippen LogP contribution >= 0.6 is 0 Å². The lowest BCUT2D eigenvalue weighted by Crippen LogP contribution is -2.58. The summed E-state index contributed by atoms with van der Waals surface area (Å²) in [5.74, 6) is -0.242. The van der Waals surface area contributed by atoms with Crippen molar-refractivity contribution in [3.05, 3.63) is 106 Å². The van der Waals surface area contributed by atoms with Gasteiger partial charge >= 0.3 is 0 Å². The molecule has 3 aromatic carbocycles. The molecule has 0 aromatic heterocycles. The van der Waals surface area contributed by atoms with Crippen molar-refractivity contribution in [2.24, 2.45) is 0 Å². The number of fused-ring (bicyclic) bond motifs is 1. The first-order valence-corrected chi connectivity index (χ1v) is 11.4. The molecule has 32 heavy (non-hydrogen) atoms. The van der Waals surface area contributed by atoms with Crippen LogP contribution in [0, 0.1) is 19.7 Å². The Balaban J connectivity index is 1.45. The van der Waals surface area contributed by atoms with E-state index in [1.807, 2.05) is 25.1 Å². The van der Waals surface area contributed by atoms with Gasteiger partial charge in [-0.15, -0.1) is 0 Å². The zero-order valence-electron chi connectivity index (χ0n) is 18.8. The average molecular weight is 429 g/mol. The van der Waals surface area contributed by atoms with Crippen LogP contribution in [0.3, 0.4) is 0 Å². The number of piperazine rings is 1. The number of nitrogens with zero attached hydrogens (tertiary/aromatic N) is 2. The number of hydrogen-bond acceptors (Lipinski definition) is 3. The van der Waals surface area contributed by atoms with Crippen molar-refractivity contribution in [1.82, 2.24) is 9.80 Å². The van der Waals surface area contributed by atoms with Crippen molar-refractivity contribution in [1.29, 1.82) is 0 Å². The molecule has 1 fully saturated rings. The molecule has 3 nitrogen and oxygen atoms in total. The summed E-state index contributed by atoms with van der Waals surface area (Å²) < 4.78 is 14.7. The number of carbonyl (C=O) groups is 1. The summed E-state index contributed by atoms with van der Waals surface area (Å²) in [5.41, 5.74) is 5.01. The second-order valence-electron chi connectivity index (χ2n) is 9.19. The Kier molecular flexibility index (Phi) is 5.44. The van der Waals surface area contributed by atoms with Gasteiger partial charge in [0, 0.05) is 50.3 Å². The number of rotatable bonds is 4. The third kappa shape index (κ3) is 3.48. The summed E-state index contributed by atoms with van der Waals surface area (Å²) in [7, 11) is 0. The third-order valence-electron chi connectivity index (χ3n) is 7.23. The minimum atomic E-state index is -0.828. The summed E-state index contributed by atoms with van der Waals surface area (Å²) in [4.78, 5) is 18.6. The number of Topliss-reactive ketones (excluding diaryl/α,β-unsaturated/α-hetero) is 1. The smallest absolute Gasteiger partial charge is 0.188 e. The fourth-order valence-corrected chi connectivity index (χ4v) is 5.40. The average Bonchev–Trinajstić information content (AvgIpc) is 3.11. The van der Waals surface area contributed by atoms with Crippen LogP contribution in [0.5, 0.6) is 0 Å². The predicted molar refractivity (Wildman–Crippen MR) is 125 cm³/mol. The van der Waals surface area contributed by atoms with Crippen molar-refractivity contribution in [2.45, 2.75) is 32.4 Å². The van der Waals surface area contributed by atoms with E-state index in [4.69, 9.17) is 0 Å². The lowest BCUT2D eigenvalue weighted by Gasteiger charge is -2.45. The summed E-state index contributed by atoms with van der Waals surface area (Å²) in [6.45, 7) is 8.44. The highest BCUT2D eigenvalue weighted by Crippen LogP contribution is 2.44. The zero-order valence-corrected chi connectivity index (χ0v) is 18.8. The molecular formula is C28H29FN2O. The minimum Gasteiger partial charge on any atom is -0.297 e. The maximum atomic E-state index is 14.7. The van der Waals surface area contributed by atoms with Gasteiger partial charge in [0.1, 0.15) is 11.4 Å². The molecule has 1 heterocycles. The third-order valence-corrected chi connectivity index (χ3v) is 7.23. The predicted octanol–water partition coefficient (Wildman–Crippen LogP) is 4.89. The molecule has 0 saturated carbocycles. The molecule has 0 N–H and O–H groups in total. The van der Waals surface area contributed by atoms with Crippen molar-refractivity contribution in [3.63, 3.8) is 0 Å². The van der Waals surface area contributed by atoms with Crippen molar-refractivity contribution >= 4 is 5.78 Å². The van der Waals surface area contributed by atoms with Gasteiger partial charge in [-0.05, 0) is 36.6 Å². The SMILES string of the molecule is Cc1cccc([C@@]2(N3CCN(Cc4ccccc4C)CC3)Cc3c(F)cccc3C2=O)c1. The van der Waals surface area contributed by atoms with E-state index in [2.05, 4.69) is 47.1 Å². The molecular weight excluding hydrogens is 399 g/mol. The molecule has 0 radical (unpaired) electrons. The van der Waals surface area contributed by atoms with Crippen LogP contribution in [0.25, 0.3) is 0 Å². The first-order chi connectivity index (χ1) is 15.5. The first kappa shape index (κ1) is 21.0. The van der Waals surface area contributed by atoms with Gasteiger partial charge in [0.15, 0.2) is 5.78 Å². The van der Waals surface area contributed by atoms with Gasteiger partial charge in [-0.25, -0.2) is 4.39 Å². The highest BCUT2D eigenvalue weighted by atomic mass is 19.1. The fraction of sp³-hybridized carbons (Fsp3) is 0.321. The monoisotopic (exact) mass is 428 g/mol. The van der Waals surface area contributed by atoms with Crippen molar-refractivity contribution in [3.8, 4) is 0 Å². The van der Waals surface area contributed by atoms with E-state index in [0.29, 0.717) is 17.5 Å². The molecule has 1 saturated heterocycles. The van der Waals surface area contributed by atoms with Crippen LogP contribution in [0.4, 0.5) is 4.39 Å². The van der Waals surface area contributed by atoms with Crippen molar-refractivity contribution in [2.75, 3.05) is 26.2 Å². The maximum absolute atomic E-state index is 14.7. The summed E-state index contributed by atoms with van der Waals surface area (Å²) >= 11 is 0. The second-order valence-corrected chi connectivity index (χ2v) is 9.19. The normalized spacial score (nSPS) is 21.7. The van der Waals surface area contributed by atoms with Gasteiger partial charge in [-0.3, -0.25) is 14.6 Å². The van der Waals surface area contributed by atoms with Crippen LogP contribution < -0.4 is 0 Å². The van der Waals surface area contributed by atoms with Gasteiger partial charge < -0.3 is 0 Å². The second kappa shape index (κ2) is 8.27. The van der Waals surface area contributed by atoms with Crippen LogP contribution in [0.1, 0.15) is 38.2 Å². The van der Waals surface area contributed by atoms with E-state index < -0.39 is 5.54 Å². The Labute approximate surface area is 189 Å². The molecule has 1 atom stereocenters.